The maximum absolute atomic E-state index is 12.7. The molecule has 0 aromatic rings. The summed E-state index contributed by atoms with van der Waals surface area (Å²) in [6.45, 7) is 9.47. The van der Waals surface area contributed by atoms with E-state index in [0.717, 1.165) is 6.42 Å². The van der Waals surface area contributed by atoms with Gasteiger partial charge < -0.3 is 20.3 Å². The number of fused-ring (bicyclic) bond motifs is 5. The summed E-state index contributed by atoms with van der Waals surface area (Å²) in [5.74, 6) is 0.854. The van der Waals surface area contributed by atoms with E-state index >= 15 is 0 Å². The van der Waals surface area contributed by atoms with Gasteiger partial charge in [-0.3, -0.25) is 19.5 Å². The quantitative estimate of drug-likeness (QED) is 0.159. The number of imide groups is 1. The first kappa shape index (κ1) is 27.4. The minimum atomic E-state index is -0.522. The van der Waals surface area contributed by atoms with Crippen molar-refractivity contribution < 1.29 is 19.1 Å². The molecule has 3 rings (SSSR count). The van der Waals surface area contributed by atoms with Crippen LogP contribution in [0.4, 0.5) is 4.79 Å². The number of nitrogens with one attached hydrogen (secondary N) is 2. The second kappa shape index (κ2) is 11.1. The maximum Gasteiger partial charge on any atom is 0.410 e. The molecule has 5 atom stereocenters. The number of aliphatic imine (C=N–C) groups is 1. The van der Waals surface area contributed by atoms with Gasteiger partial charge in [-0.2, -0.15) is 0 Å². The third-order valence-corrected chi connectivity index (χ3v) is 6.32. The van der Waals surface area contributed by atoms with Gasteiger partial charge in [0.1, 0.15) is 5.60 Å². The van der Waals surface area contributed by atoms with Crippen molar-refractivity contribution in [3.05, 3.63) is 12.2 Å². The van der Waals surface area contributed by atoms with Gasteiger partial charge >= 0.3 is 6.09 Å². The smallest absolute Gasteiger partial charge is 0.410 e. The van der Waals surface area contributed by atoms with Crippen LogP contribution in [0, 0.1) is 29.6 Å². The summed E-state index contributed by atoms with van der Waals surface area (Å²) in [5, 5.41) is 6.41. The summed E-state index contributed by atoms with van der Waals surface area (Å²) in [6, 6.07) is 0. The predicted molar refractivity (Wildman–Crippen MR) is 137 cm³/mol. The molecule has 2 fully saturated rings. The number of ether oxygens (including phenoxy) is 1. The number of hydrogen-bond donors (Lipinski definition) is 2. The Morgan fingerprint density at radius 1 is 1.21 bits per heavy atom. The van der Waals surface area contributed by atoms with Gasteiger partial charge in [-0.05, 0) is 44.9 Å². The summed E-state index contributed by atoms with van der Waals surface area (Å²) in [7, 11) is 3.39. The lowest BCUT2D eigenvalue weighted by Crippen LogP contribution is -2.45. The molecule has 2 bridgehead atoms. The molecule has 3 amide bonds. The van der Waals surface area contributed by atoms with E-state index in [-0.39, 0.29) is 71.5 Å². The van der Waals surface area contributed by atoms with Crippen LogP contribution in [0.1, 0.15) is 34.1 Å². The number of allylic oxidation sites excluding steroid dienone is 2. The van der Waals surface area contributed by atoms with E-state index in [9.17, 15) is 14.4 Å². The number of guanidine groups is 1. The van der Waals surface area contributed by atoms with Gasteiger partial charge in [0, 0.05) is 40.3 Å². The van der Waals surface area contributed by atoms with E-state index in [0.29, 0.717) is 32.1 Å². The average Bonchev–Trinajstić information content (AvgIpc) is 3.38. The Kier molecular flexibility index (Phi) is 9.17. The molecule has 1 saturated carbocycles. The molecule has 186 valence electrons. The first-order chi connectivity index (χ1) is 15.0. The zero-order valence-electron chi connectivity index (χ0n) is 20.5. The van der Waals surface area contributed by atoms with Crippen LogP contribution in [-0.2, 0) is 14.3 Å². The van der Waals surface area contributed by atoms with Crippen molar-refractivity contribution in [2.45, 2.75) is 39.7 Å². The first-order valence-corrected chi connectivity index (χ1v) is 11.4. The Hall–Kier alpha value is -1.85. The SMILES string of the molecule is CN=C(NCCN1C(=O)C2C3C=CC(C3)C2C1=O)NCC(C)CN(C)C(=O)OC(C)(C)C.I. The lowest BCUT2D eigenvalue weighted by atomic mass is 9.85. The monoisotopic (exact) mass is 575 g/mol. The van der Waals surface area contributed by atoms with E-state index < -0.39 is 5.60 Å². The number of hydrogen-bond acceptors (Lipinski definition) is 5. The summed E-state index contributed by atoms with van der Waals surface area (Å²) in [6.07, 6.45) is 4.80. The molecule has 1 saturated heterocycles. The molecule has 2 aliphatic carbocycles. The van der Waals surface area contributed by atoms with Crippen LogP contribution in [0.2, 0.25) is 0 Å². The molecule has 33 heavy (non-hydrogen) atoms. The van der Waals surface area contributed by atoms with Gasteiger partial charge in [-0.1, -0.05) is 19.1 Å². The fraction of sp³-hybridized carbons (Fsp3) is 0.739. The molecule has 9 nitrogen and oxygen atoms in total. The van der Waals surface area contributed by atoms with E-state index in [2.05, 4.69) is 27.8 Å². The molecule has 0 aromatic heterocycles. The number of amides is 3. The molecular formula is C23H38IN5O4. The van der Waals surface area contributed by atoms with Crippen LogP contribution in [-0.4, -0.2) is 79.5 Å². The third kappa shape index (κ3) is 6.39. The van der Waals surface area contributed by atoms with E-state index in [4.69, 9.17) is 4.74 Å². The number of rotatable bonds is 7. The van der Waals surface area contributed by atoms with E-state index in [1.54, 1.807) is 19.0 Å². The van der Waals surface area contributed by atoms with Gasteiger partial charge in [0.15, 0.2) is 5.96 Å². The standard InChI is InChI=1S/C23H37N5O4.HI/c1-14(13-27(6)22(31)32-23(2,3)4)12-26-21(24-5)25-9-10-28-19(29)17-15-7-8-16(11-15)18(17)20(28)30;/h7-8,14-18H,9-13H2,1-6H3,(H2,24,25,26);1H. The van der Waals surface area contributed by atoms with Crippen molar-refractivity contribution in [1.29, 1.82) is 0 Å². The molecule has 0 spiro atoms. The number of nitrogens with zero attached hydrogens (tertiary/aromatic N) is 3. The Morgan fingerprint density at radius 2 is 1.79 bits per heavy atom. The molecule has 1 aliphatic heterocycles. The normalized spacial score (nSPS) is 26.7. The minimum absolute atomic E-state index is 0. The number of carbonyl (C=O) groups is 3. The lowest BCUT2D eigenvalue weighted by Gasteiger charge is -2.26. The fourth-order valence-electron chi connectivity index (χ4n) is 4.91. The first-order valence-electron chi connectivity index (χ1n) is 11.4. The summed E-state index contributed by atoms with van der Waals surface area (Å²) < 4.78 is 5.38. The van der Waals surface area contributed by atoms with Crippen LogP contribution < -0.4 is 10.6 Å². The summed E-state index contributed by atoms with van der Waals surface area (Å²) in [5.41, 5.74) is -0.522. The fourth-order valence-corrected chi connectivity index (χ4v) is 4.91. The Morgan fingerprint density at radius 3 is 2.30 bits per heavy atom. The highest BCUT2D eigenvalue weighted by Gasteiger charge is 2.58. The van der Waals surface area contributed by atoms with Crippen molar-refractivity contribution in [3.63, 3.8) is 0 Å². The second-order valence-corrected chi connectivity index (χ2v) is 10.2. The number of carbonyl (C=O) groups excluding carboxylic acids is 3. The Labute approximate surface area is 213 Å². The largest absolute Gasteiger partial charge is 0.444 e. The molecule has 1 heterocycles. The summed E-state index contributed by atoms with van der Waals surface area (Å²) >= 11 is 0. The van der Waals surface area contributed by atoms with Crippen molar-refractivity contribution in [2.24, 2.45) is 34.6 Å². The topological polar surface area (TPSA) is 103 Å². The molecule has 0 aromatic carbocycles. The molecule has 2 N–H and O–H groups in total. The van der Waals surface area contributed by atoms with Crippen LogP contribution in [0.15, 0.2) is 17.1 Å². The highest BCUT2D eigenvalue weighted by atomic mass is 127. The zero-order valence-corrected chi connectivity index (χ0v) is 22.8. The minimum Gasteiger partial charge on any atom is -0.444 e. The highest BCUT2D eigenvalue weighted by molar-refractivity contribution is 14.0. The number of likely N-dealkylation sites (tertiary alicyclic amines) is 1. The van der Waals surface area contributed by atoms with E-state index in [1.165, 1.54) is 4.90 Å². The van der Waals surface area contributed by atoms with Gasteiger partial charge in [0.05, 0.1) is 11.8 Å². The molecular weight excluding hydrogens is 537 g/mol. The Balaban J connectivity index is 0.00000385. The summed E-state index contributed by atoms with van der Waals surface area (Å²) in [4.78, 5) is 44.8. The predicted octanol–water partition coefficient (Wildman–Crippen LogP) is 2.08. The van der Waals surface area contributed by atoms with Crippen LogP contribution in [0.25, 0.3) is 0 Å². The van der Waals surface area contributed by atoms with Crippen LogP contribution >= 0.6 is 24.0 Å². The van der Waals surface area contributed by atoms with E-state index in [1.807, 2.05) is 27.7 Å². The Bertz CT molecular complexity index is 779. The van der Waals surface area contributed by atoms with Gasteiger partial charge in [-0.15, -0.1) is 24.0 Å². The molecule has 0 radical (unpaired) electrons. The molecule has 3 aliphatic rings. The maximum atomic E-state index is 12.7. The van der Waals surface area contributed by atoms with Crippen molar-refractivity contribution in [1.82, 2.24) is 20.4 Å². The lowest BCUT2D eigenvalue weighted by molar-refractivity contribution is -0.140. The third-order valence-electron chi connectivity index (χ3n) is 6.32. The molecule has 10 heteroatoms. The number of halogens is 1. The average molecular weight is 575 g/mol. The van der Waals surface area contributed by atoms with Crippen molar-refractivity contribution in [3.8, 4) is 0 Å². The van der Waals surface area contributed by atoms with Gasteiger partial charge in [0.2, 0.25) is 11.8 Å². The highest BCUT2D eigenvalue weighted by Crippen LogP contribution is 2.52. The molecule has 5 unspecified atom stereocenters. The van der Waals surface area contributed by atoms with Crippen molar-refractivity contribution in [2.75, 3.05) is 40.3 Å². The van der Waals surface area contributed by atoms with Crippen molar-refractivity contribution >= 4 is 47.8 Å². The second-order valence-electron chi connectivity index (χ2n) is 10.2. The zero-order chi connectivity index (χ0) is 23.6. The van der Waals surface area contributed by atoms with Crippen LogP contribution in [0.3, 0.4) is 0 Å². The van der Waals surface area contributed by atoms with Crippen LogP contribution in [0.5, 0.6) is 0 Å². The van der Waals surface area contributed by atoms with Gasteiger partial charge in [0.25, 0.3) is 0 Å². The van der Waals surface area contributed by atoms with Gasteiger partial charge in [-0.25, -0.2) is 4.79 Å².